The lowest BCUT2D eigenvalue weighted by Gasteiger charge is -2.08. The summed E-state index contributed by atoms with van der Waals surface area (Å²) in [4.78, 5) is 17.5. The van der Waals surface area contributed by atoms with Crippen LogP contribution in [0.3, 0.4) is 0 Å². The van der Waals surface area contributed by atoms with E-state index in [2.05, 4.69) is 46.6 Å². The lowest BCUT2D eigenvalue weighted by molar-refractivity contribution is 0.102. The van der Waals surface area contributed by atoms with Gasteiger partial charge in [0.25, 0.3) is 5.91 Å². The summed E-state index contributed by atoms with van der Waals surface area (Å²) in [6, 6.07) is 16.1. The van der Waals surface area contributed by atoms with Crippen molar-refractivity contribution in [3.05, 3.63) is 87.0 Å². The molecule has 1 N–H and O–H groups in total. The van der Waals surface area contributed by atoms with Gasteiger partial charge in [-0.25, -0.2) is 4.98 Å². The number of amides is 1. The standard InChI is InChI=1S/C24H24N4OS/c1-15-5-7-19(8-6-15)13-28-17(3)23(16(2)27-28)24(29)26-21-11-9-20(10-12-21)22-14-30-18(4)25-22/h5-12,14H,13H2,1-4H3,(H,26,29). The number of carbonyl (C=O) groups excluding carboxylic acids is 1. The maximum Gasteiger partial charge on any atom is 0.259 e. The van der Waals surface area contributed by atoms with Gasteiger partial charge in [-0.3, -0.25) is 9.48 Å². The van der Waals surface area contributed by atoms with Gasteiger partial charge in [0.15, 0.2) is 0 Å². The molecule has 2 heterocycles. The smallest absolute Gasteiger partial charge is 0.259 e. The fraction of sp³-hybridized carbons (Fsp3) is 0.208. The molecule has 0 saturated heterocycles. The SMILES string of the molecule is Cc1ccc(Cn2nc(C)c(C(=O)Nc3ccc(-c4csc(C)n4)cc3)c2C)cc1. The van der Waals surface area contributed by atoms with E-state index < -0.39 is 0 Å². The van der Waals surface area contributed by atoms with Crippen LogP contribution < -0.4 is 5.32 Å². The molecule has 152 valence electrons. The van der Waals surface area contributed by atoms with E-state index in [9.17, 15) is 4.79 Å². The van der Waals surface area contributed by atoms with Gasteiger partial charge in [-0.15, -0.1) is 11.3 Å². The zero-order valence-corrected chi connectivity index (χ0v) is 18.4. The van der Waals surface area contributed by atoms with E-state index in [0.717, 1.165) is 38.9 Å². The van der Waals surface area contributed by atoms with Crippen molar-refractivity contribution in [1.29, 1.82) is 0 Å². The van der Waals surface area contributed by atoms with Crippen molar-refractivity contribution in [2.45, 2.75) is 34.2 Å². The molecule has 0 aliphatic carbocycles. The molecule has 0 aliphatic heterocycles. The molecule has 4 aromatic rings. The minimum absolute atomic E-state index is 0.141. The number of aromatic nitrogens is 3. The van der Waals surface area contributed by atoms with E-state index in [0.29, 0.717) is 12.1 Å². The fourth-order valence-electron chi connectivity index (χ4n) is 3.46. The summed E-state index contributed by atoms with van der Waals surface area (Å²) in [7, 11) is 0. The topological polar surface area (TPSA) is 59.8 Å². The number of rotatable bonds is 5. The minimum atomic E-state index is -0.141. The van der Waals surface area contributed by atoms with Gasteiger partial charge in [0, 0.05) is 22.3 Å². The Kier molecular flexibility index (Phi) is 5.50. The molecule has 4 rings (SSSR count). The van der Waals surface area contributed by atoms with Crippen molar-refractivity contribution in [3.63, 3.8) is 0 Å². The van der Waals surface area contributed by atoms with E-state index in [1.54, 1.807) is 11.3 Å². The number of nitrogens with zero attached hydrogens (tertiary/aromatic N) is 3. The molecular weight excluding hydrogens is 392 g/mol. The molecule has 30 heavy (non-hydrogen) atoms. The van der Waals surface area contributed by atoms with Crippen LogP contribution in [0, 0.1) is 27.7 Å². The van der Waals surface area contributed by atoms with Gasteiger partial charge in [-0.05, 0) is 45.4 Å². The Bertz CT molecular complexity index is 1190. The summed E-state index contributed by atoms with van der Waals surface area (Å²) in [6.45, 7) is 8.52. The number of anilines is 1. The Morgan fingerprint density at radius 1 is 1.00 bits per heavy atom. The van der Waals surface area contributed by atoms with Gasteiger partial charge in [0.1, 0.15) is 0 Å². The van der Waals surface area contributed by atoms with Gasteiger partial charge in [-0.1, -0.05) is 42.0 Å². The summed E-state index contributed by atoms with van der Waals surface area (Å²) >= 11 is 1.63. The van der Waals surface area contributed by atoms with E-state index in [4.69, 9.17) is 0 Å². The normalized spacial score (nSPS) is 10.9. The summed E-state index contributed by atoms with van der Waals surface area (Å²) in [5.41, 5.74) is 7.35. The molecule has 0 aliphatic rings. The maximum absolute atomic E-state index is 12.9. The minimum Gasteiger partial charge on any atom is -0.322 e. The Hall–Kier alpha value is -3.25. The first-order chi connectivity index (χ1) is 14.4. The first-order valence-corrected chi connectivity index (χ1v) is 10.7. The van der Waals surface area contributed by atoms with Crippen LogP contribution in [0.2, 0.25) is 0 Å². The number of carbonyl (C=O) groups is 1. The molecule has 0 spiro atoms. The molecule has 0 fully saturated rings. The predicted molar refractivity (Wildman–Crippen MR) is 122 cm³/mol. The van der Waals surface area contributed by atoms with Crippen molar-refractivity contribution < 1.29 is 4.79 Å². The lowest BCUT2D eigenvalue weighted by atomic mass is 10.1. The van der Waals surface area contributed by atoms with Crippen molar-refractivity contribution >= 4 is 22.9 Å². The third-order valence-corrected chi connectivity index (χ3v) is 5.89. The number of thiazole rings is 1. The van der Waals surface area contributed by atoms with Crippen LogP contribution in [0.15, 0.2) is 53.9 Å². The van der Waals surface area contributed by atoms with Crippen LogP contribution in [-0.4, -0.2) is 20.7 Å². The van der Waals surface area contributed by atoms with Crippen molar-refractivity contribution in [2.24, 2.45) is 0 Å². The molecule has 6 heteroatoms. The average molecular weight is 417 g/mol. The van der Waals surface area contributed by atoms with Crippen molar-refractivity contribution in [2.75, 3.05) is 5.32 Å². The molecule has 2 aromatic carbocycles. The number of hydrogen-bond acceptors (Lipinski definition) is 4. The van der Waals surface area contributed by atoms with E-state index >= 15 is 0 Å². The van der Waals surface area contributed by atoms with E-state index in [1.165, 1.54) is 5.56 Å². The molecule has 0 atom stereocenters. The highest BCUT2D eigenvalue weighted by molar-refractivity contribution is 7.09. The predicted octanol–water partition coefficient (Wildman–Crippen LogP) is 5.54. The second-order valence-corrected chi connectivity index (χ2v) is 8.53. The van der Waals surface area contributed by atoms with Crippen LogP contribution in [0.5, 0.6) is 0 Å². The Balaban J connectivity index is 1.50. The monoisotopic (exact) mass is 416 g/mol. The molecule has 0 saturated carbocycles. The lowest BCUT2D eigenvalue weighted by Crippen LogP contribution is -2.14. The Labute approximate surface area is 180 Å². The van der Waals surface area contributed by atoms with Gasteiger partial charge in [0.05, 0.1) is 28.5 Å². The van der Waals surface area contributed by atoms with E-state index in [1.807, 2.05) is 55.1 Å². The molecule has 2 aromatic heterocycles. The quantitative estimate of drug-likeness (QED) is 0.465. The molecule has 0 bridgehead atoms. The number of benzene rings is 2. The largest absolute Gasteiger partial charge is 0.322 e. The highest BCUT2D eigenvalue weighted by Crippen LogP contribution is 2.24. The average Bonchev–Trinajstić information content (AvgIpc) is 3.27. The molecule has 5 nitrogen and oxygen atoms in total. The van der Waals surface area contributed by atoms with Crippen molar-refractivity contribution in [1.82, 2.24) is 14.8 Å². The third-order valence-electron chi connectivity index (χ3n) is 5.12. The first-order valence-electron chi connectivity index (χ1n) is 9.84. The van der Waals surface area contributed by atoms with Gasteiger partial charge >= 0.3 is 0 Å². The number of hydrogen-bond donors (Lipinski definition) is 1. The van der Waals surface area contributed by atoms with E-state index in [-0.39, 0.29) is 5.91 Å². The van der Waals surface area contributed by atoms with Crippen molar-refractivity contribution in [3.8, 4) is 11.3 Å². The zero-order chi connectivity index (χ0) is 21.3. The second kappa shape index (κ2) is 8.24. The van der Waals surface area contributed by atoms with Crippen LogP contribution >= 0.6 is 11.3 Å². The Morgan fingerprint density at radius 2 is 1.70 bits per heavy atom. The van der Waals surface area contributed by atoms with Gasteiger partial charge in [0.2, 0.25) is 0 Å². The Morgan fingerprint density at radius 3 is 2.33 bits per heavy atom. The van der Waals surface area contributed by atoms with Crippen LogP contribution in [-0.2, 0) is 6.54 Å². The molecular formula is C24H24N4OS. The van der Waals surface area contributed by atoms with Crippen LogP contribution in [0.25, 0.3) is 11.3 Å². The van der Waals surface area contributed by atoms with Gasteiger partial charge in [-0.2, -0.15) is 5.10 Å². The summed E-state index contributed by atoms with van der Waals surface area (Å²) < 4.78 is 1.89. The number of nitrogens with one attached hydrogen (secondary N) is 1. The van der Waals surface area contributed by atoms with Gasteiger partial charge < -0.3 is 5.32 Å². The molecule has 0 radical (unpaired) electrons. The molecule has 1 amide bonds. The maximum atomic E-state index is 12.9. The van der Waals surface area contributed by atoms with Crippen LogP contribution in [0.1, 0.15) is 37.9 Å². The highest BCUT2D eigenvalue weighted by Gasteiger charge is 2.19. The zero-order valence-electron chi connectivity index (χ0n) is 17.6. The number of aryl methyl sites for hydroxylation is 3. The second-order valence-electron chi connectivity index (χ2n) is 7.47. The summed E-state index contributed by atoms with van der Waals surface area (Å²) in [5, 5.41) is 10.7. The fourth-order valence-corrected chi connectivity index (χ4v) is 4.08. The summed E-state index contributed by atoms with van der Waals surface area (Å²) in [6.07, 6.45) is 0. The highest BCUT2D eigenvalue weighted by atomic mass is 32.1. The third kappa shape index (κ3) is 4.19. The first kappa shape index (κ1) is 20.0. The summed E-state index contributed by atoms with van der Waals surface area (Å²) in [5.74, 6) is -0.141. The van der Waals surface area contributed by atoms with Crippen LogP contribution in [0.4, 0.5) is 5.69 Å². The molecule has 0 unspecified atom stereocenters.